The zero-order valence-corrected chi connectivity index (χ0v) is 5.47. The summed E-state index contributed by atoms with van der Waals surface area (Å²) in [7, 11) is 0. The molecular formula is C9H7F. The zero-order chi connectivity index (χ0) is 6.97. The van der Waals surface area contributed by atoms with Crippen LogP contribution in [0.3, 0.4) is 0 Å². The number of rotatable bonds is 0. The van der Waals surface area contributed by atoms with Crippen LogP contribution < -0.4 is 0 Å². The van der Waals surface area contributed by atoms with E-state index in [-0.39, 0.29) is 5.82 Å². The van der Waals surface area contributed by atoms with Crippen LogP contribution in [0.4, 0.5) is 4.39 Å². The highest BCUT2D eigenvalue weighted by Crippen LogP contribution is 2.19. The van der Waals surface area contributed by atoms with Gasteiger partial charge in [-0.25, -0.2) is 4.39 Å². The van der Waals surface area contributed by atoms with Crippen molar-refractivity contribution >= 4 is 6.08 Å². The molecule has 10 heavy (non-hydrogen) atoms. The maximum Gasteiger partial charge on any atom is 0.123 e. The average Bonchev–Trinajstić information content (AvgIpc) is 2.33. The smallest absolute Gasteiger partial charge is 0.123 e. The first kappa shape index (κ1) is 5.66. The molecule has 0 fully saturated rings. The predicted octanol–water partition coefficient (Wildman–Crippen LogP) is 2.40. The second kappa shape index (κ2) is 1.94. The van der Waals surface area contributed by atoms with Crippen LogP contribution >= 0.6 is 0 Å². The normalized spacial score (nSPS) is 13.7. The highest BCUT2D eigenvalue weighted by atomic mass is 18.2. The maximum atomic E-state index is 12.5. The summed E-state index contributed by atoms with van der Waals surface area (Å²) >= 11 is 0. The summed E-state index contributed by atoms with van der Waals surface area (Å²) in [5.41, 5.74) is 2.25. The monoisotopic (exact) mass is 133 g/mol. The van der Waals surface area contributed by atoms with E-state index in [9.17, 15) is 4.39 Å². The molecule has 0 saturated heterocycles. The molecule has 1 aliphatic carbocycles. The molecule has 0 bridgehead atoms. The minimum atomic E-state index is -0.148. The lowest BCUT2D eigenvalue weighted by molar-refractivity contribution is 0.627. The molecule has 0 aromatic heterocycles. The van der Waals surface area contributed by atoms with E-state index in [0.29, 0.717) is 0 Å². The van der Waals surface area contributed by atoms with Gasteiger partial charge in [-0.2, -0.15) is 0 Å². The van der Waals surface area contributed by atoms with Crippen LogP contribution in [-0.2, 0) is 6.42 Å². The molecule has 0 amide bonds. The van der Waals surface area contributed by atoms with E-state index in [2.05, 4.69) is 0 Å². The van der Waals surface area contributed by atoms with E-state index >= 15 is 0 Å². The van der Waals surface area contributed by atoms with E-state index in [0.717, 1.165) is 12.0 Å². The van der Waals surface area contributed by atoms with Crippen LogP contribution in [0.15, 0.2) is 24.3 Å². The Balaban J connectivity index is 2.60. The first-order valence-corrected chi connectivity index (χ1v) is 3.31. The lowest BCUT2D eigenvalue weighted by atomic mass is 10.1. The molecule has 0 saturated carbocycles. The second-order valence-electron chi connectivity index (χ2n) is 2.45. The fraction of sp³-hybridized carbons (Fsp3) is 0.111. The third-order valence-electron chi connectivity index (χ3n) is 1.74. The number of hydrogen-bond acceptors (Lipinski definition) is 0. The first-order valence-electron chi connectivity index (χ1n) is 3.31. The molecule has 0 radical (unpaired) electrons. The van der Waals surface area contributed by atoms with Crippen molar-refractivity contribution < 1.29 is 4.39 Å². The van der Waals surface area contributed by atoms with Gasteiger partial charge in [0.1, 0.15) is 5.82 Å². The zero-order valence-electron chi connectivity index (χ0n) is 5.47. The summed E-state index contributed by atoms with van der Waals surface area (Å²) in [6.07, 6.45) is 4.96. The topological polar surface area (TPSA) is 0 Å². The van der Waals surface area contributed by atoms with Crippen molar-refractivity contribution in [1.82, 2.24) is 0 Å². The Bertz CT molecular complexity index is 287. The Labute approximate surface area is 59.0 Å². The minimum absolute atomic E-state index is 0.148. The summed E-state index contributed by atoms with van der Waals surface area (Å²) in [5.74, 6) is -0.148. The van der Waals surface area contributed by atoms with Crippen LogP contribution in [0.5, 0.6) is 0 Å². The molecule has 0 nitrogen and oxygen atoms in total. The highest BCUT2D eigenvalue weighted by molar-refractivity contribution is 5.59. The number of fused-ring (bicyclic) bond motifs is 1. The number of halogens is 1. The van der Waals surface area contributed by atoms with Gasteiger partial charge in [-0.3, -0.25) is 0 Å². The van der Waals surface area contributed by atoms with E-state index in [4.69, 9.17) is 0 Å². The van der Waals surface area contributed by atoms with Crippen molar-refractivity contribution in [3.63, 3.8) is 0 Å². The molecule has 1 aromatic carbocycles. The van der Waals surface area contributed by atoms with Crippen molar-refractivity contribution in [1.29, 1.82) is 0 Å². The summed E-state index contributed by atoms with van der Waals surface area (Å²) < 4.78 is 12.5. The fourth-order valence-electron chi connectivity index (χ4n) is 1.22. The quantitative estimate of drug-likeness (QED) is 0.509. The molecule has 0 unspecified atom stereocenters. The van der Waals surface area contributed by atoms with Gasteiger partial charge in [0.05, 0.1) is 0 Å². The predicted molar refractivity (Wildman–Crippen MR) is 39.1 cm³/mol. The van der Waals surface area contributed by atoms with Gasteiger partial charge in [0.2, 0.25) is 0 Å². The lowest BCUT2D eigenvalue weighted by Crippen LogP contribution is -1.81. The summed E-state index contributed by atoms with van der Waals surface area (Å²) in [6, 6.07) is 4.91. The standard InChI is InChI=1S/C9H7F/c10-9-5-4-7-2-1-3-8(7)6-9/h1,3-6H,2H2/i10-1. The van der Waals surface area contributed by atoms with Crippen molar-refractivity contribution in [2.45, 2.75) is 6.42 Å². The van der Waals surface area contributed by atoms with Gasteiger partial charge in [0, 0.05) is 0 Å². The first-order chi connectivity index (χ1) is 4.86. The van der Waals surface area contributed by atoms with Crippen molar-refractivity contribution in [3.05, 3.63) is 41.2 Å². The molecular weight excluding hydrogens is 126 g/mol. The molecule has 0 atom stereocenters. The summed E-state index contributed by atoms with van der Waals surface area (Å²) in [5, 5.41) is 0. The van der Waals surface area contributed by atoms with Crippen LogP contribution in [0, 0.1) is 5.82 Å². The fourth-order valence-corrected chi connectivity index (χ4v) is 1.22. The molecule has 1 aliphatic rings. The Hall–Kier alpha value is -1.11. The van der Waals surface area contributed by atoms with E-state index in [1.54, 1.807) is 6.07 Å². The molecule has 50 valence electrons. The van der Waals surface area contributed by atoms with Crippen LogP contribution in [0.2, 0.25) is 0 Å². The maximum absolute atomic E-state index is 12.5. The van der Waals surface area contributed by atoms with Crippen LogP contribution in [0.25, 0.3) is 6.08 Å². The highest BCUT2D eigenvalue weighted by Gasteiger charge is 2.03. The molecule has 1 heteroatoms. The second-order valence-corrected chi connectivity index (χ2v) is 2.45. The minimum Gasteiger partial charge on any atom is -0.207 e. The molecule has 2 rings (SSSR count). The number of hydrogen-bond donors (Lipinski definition) is 0. The average molecular weight is 133 g/mol. The Morgan fingerprint density at radius 1 is 1.30 bits per heavy atom. The lowest BCUT2D eigenvalue weighted by Gasteiger charge is -1.95. The van der Waals surface area contributed by atoms with E-state index in [1.807, 2.05) is 18.2 Å². The largest absolute Gasteiger partial charge is 0.207 e. The SMILES string of the molecule is [18F]c1ccc2c(c1)C=CC2. The summed E-state index contributed by atoms with van der Waals surface area (Å²) in [4.78, 5) is 0. The van der Waals surface area contributed by atoms with Gasteiger partial charge < -0.3 is 0 Å². The van der Waals surface area contributed by atoms with Crippen molar-refractivity contribution in [2.24, 2.45) is 0 Å². The van der Waals surface area contributed by atoms with Gasteiger partial charge in [0.15, 0.2) is 0 Å². The van der Waals surface area contributed by atoms with Gasteiger partial charge in [-0.05, 0) is 29.7 Å². The molecule has 0 spiro atoms. The van der Waals surface area contributed by atoms with Gasteiger partial charge in [-0.15, -0.1) is 0 Å². The third kappa shape index (κ3) is 0.747. The third-order valence-corrected chi connectivity index (χ3v) is 1.74. The molecule has 1 aromatic rings. The van der Waals surface area contributed by atoms with Crippen molar-refractivity contribution in [2.75, 3.05) is 0 Å². The van der Waals surface area contributed by atoms with Crippen LogP contribution in [-0.4, -0.2) is 0 Å². The van der Waals surface area contributed by atoms with Crippen molar-refractivity contribution in [3.8, 4) is 0 Å². The molecule has 0 aliphatic heterocycles. The summed E-state index contributed by atoms with van der Waals surface area (Å²) in [6.45, 7) is 0. The Kier molecular flexibility index (Phi) is 1.10. The Morgan fingerprint density at radius 2 is 2.20 bits per heavy atom. The van der Waals surface area contributed by atoms with Gasteiger partial charge in [-0.1, -0.05) is 18.2 Å². The van der Waals surface area contributed by atoms with Crippen LogP contribution in [0.1, 0.15) is 11.1 Å². The van der Waals surface area contributed by atoms with Gasteiger partial charge in [0.25, 0.3) is 0 Å². The number of allylic oxidation sites excluding steroid dienone is 1. The molecule has 0 heterocycles. The van der Waals surface area contributed by atoms with E-state index < -0.39 is 0 Å². The Morgan fingerprint density at radius 3 is 3.10 bits per heavy atom. The van der Waals surface area contributed by atoms with Gasteiger partial charge >= 0.3 is 0 Å². The number of benzene rings is 1. The molecule has 0 N–H and O–H groups in total. The van der Waals surface area contributed by atoms with E-state index in [1.165, 1.54) is 11.6 Å².